The second kappa shape index (κ2) is 7.95. The lowest BCUT2D eigenvalue weighted by Crippen LogP contribution is -2.45. The molecule has 0 heterocycles. The number of nitrogens with one attached hydrogen (secondary N) is 1. The van der Waals surface area contributed by atoms with Crippen molar-refractivity contribution in [1.29, 1.82) is 0 Å². The number of aliphatic carboxylic acids is 1. The number of carbonyl (C=O) groups excluding carboxylic acids is 1. The number of rotatable bonds is 6. The van der Waals surface area contributed by atoms with Gasteiger partial charge in [-0.3, -0.25) is 4.79 Å². The van der Waals surface area contributed by atoms with Crippen molar-refractivity contribution in [1.82, 2.24) is 5.32 Å². The first-order chi connectivity index (χ1) is 11.0. The molecule has 2 rings (SSSR count). The summed E-state index contributed by atoms with van der Waals surface area (Å²) in [5.41, 5.74) is 2.09. The Balaban J connectivity index is 1.91. The summed E-state index contributed by atoms with van der Waals surface area (Å²) in [5, 5.41) is 12.1. The van der Waals surface area contributed by atoms with Crippen LogP contribution in [0, 0.1) is 11.8 Å². The maximum absolute atomic E-state index is 12.4. The summed E-state index contributed by atoms with van der Waals surface area (Å²) in [6.45, 7) is 6.02. The SMILES string of the molecule is C=C(C)C1CCC(C(=O)NC(Cc2ccccc2)C(=O)O)CC1. The van der Waals surface area contributed by atoms with Crippen LogP contribution in [0.3, 0.4) is 0 Å². The summed E-state index contributed by atoms with van der Waals surface area (Å²) in [6, 6.07) is 8.51. The summed E-state index contributed by atoms with van der Waals surface area (Å²) in [5.74, 6) is -0.701. The highest BCUT2D eigenvalue weighted by Gasteiger charge is 2.29. The van der Waals surface area contributed by atoms with Crippen LogP contribution in [0.2, 0.25) is 0 Å². The summed E-state index contributed by atoms with van der Waals surface area (Å²) >= 11 is 0. The Morgan fingerprint density at radius 2 is 1.74 bits per heavy atom. The lowest BCUT2D eigenvalue weighted by atomic mass is 9.79. The minimum atomic E-state index is -0.988. The minimum absolute atomic E-state index is 0.0803. The number of carboxylic acids is 1. The second-order valence-electron chi connectivity index (χ2n) is 6.48. The first-order valence-electron chi connectivity index (χ1n) is 8.20. The molecule has 23 heavy (non-hydrogen) atoms. The third-order valence-corrected chi connectivity index (χ3v) is 4.69. The first kappa shape index (κ1) is 17.3. The number of benzene rings is 1. The molecule has 0 aliphatic heterocycles. The molecule has 1 saturated carbocycles. The van der Waals surface area contributed by atoms with Crippen molar-refractivity contribution in [3.63, 3.8) is 0 Å². The minimum Gasteiger partial charge on any atom is -0.480 e. The summed E-state index contributed by atoms with van der Waals surface area (Å²) in [7, 11) is 0. The monoisotopic (exact) mass is 315 g/mol. The third kappa shape index (κ3) is 4.95. The fraction of sp³-hybridized carbons (Fsp3) is 0.474. The molecule has 1 amide bonds. The molecule has 1 fully saturated rings. The lowest BCUT2D eigenvalue weighted by Gasteiger charge is -2.29. The zero-order valence-corrected chi connectivity index (χ0v) is 13.6. The van der Waals surface area contributed by atoms with Crippen LogP contribution in [-0.2, 0) is 16.0 Å². The molecule has 0 spiro atoms. The van der Waals surface area contributed by atoms with E-state index in [1.54, 1.807) is 0 Å². The van der Waals surface area contributed by atoms with Gasteiger partial charge >= 0.3 is 5.97 Å². The van der Waals surface area contributed by atoms with Crippen LogP contribution in [0.25, 0.3) is 0 Å². The number of carboxylic acid groups (broad SMARTS) is 1. The number of hydrogen-bond acceptors (Lipinski definition) is 2. The van der Waals surface area contributed by atoms with Crippen molar-refractivity contribution in [3.8, 4) is 0 Å². The van der Waals surface area contributed by atoms with E-state index in [2.05, 4.69) is 11.9 Å². The van der Waals surface area contributed by atoms with E-state index in [9.17, 15) is 14.7 Å². The van der Waals surface area contributed by atoms with Crippen LogP contribution in [0.4, 0.5) is 0 Å². The Morgan fingerprint density at radius 3 is 2.26 bits per heavy atom. The average molecular weight is 315 g/mol. The maximum Gasteiger partial charge on any atom is 0.326 e. The molecule has 4 nitrogen and oxygen atoms in total. The van der Waals surface area contributed by atoms with Crippen LogP contribution >= 0.6 is 0 Å². The fourth-order valence-corrected chi connectivity index (χ4v) is 3.19. The molecule has 124 valence electrons. The molecule has 0 saturated heterocycles. The summed E-state index contributed by atoms with van der Waals surface area (Å²) in [6.07, 6.45) is 3.85. The number of hydrogen-bond donors (Lipinski definition) is 2. The van der Waals surface area contributed by atoms with E-state index in [1.807, 2.05) is 37.3 Å². The van der Waals surface area contributed by atoms with Crippen molar-refractivity contribution >= 4 is 11.9 Å². The van der Waals surface area contributed by atoms with Gasteiger partial charge in [-0.05, 0) is 44.1 Å². The highest BCUT2D eigenvalue weighted by molar-refractivity contribution is 5.85. The fourth-order valence-electron chi connectivity index (χ4n) is 3.19. The van der Waals surface area contributed by atoms with Crippen LogP contribution in [0.5, 0.6) is 0 Å². The van der Waals surface area contributed by atoms with Crippen molar-refractivity contribution in [3.05, 3.63) is 48.0 Å². The van der Waals surface area contributed by atoms with Gasteiger partial charge in [-0.15, -0.1) is 0 Å². The average Bonchev–Trinajstić information content (AvgIpc) is 2.55. The van der Waals surface area contributed by atoms with Crippen LogP contribution in [0.15, 0.2) is 42.5 Å². The predicted molar refractivity (Wildman–Crippen MR) is 90.0 cm³/mol. The standard InChI is InChI=1S/C19H25NO3/c1-13(2)15-8-10-16(11-9-15)18(21)20-17(19(22)23)12-14-6-4-3-5-7-14/h3-7,15-17H,1,8-12H2,2H3,(H,20,21)(H,22,23). The van der Waals surface area contributed by atoms with E-state index >= 15 is 0 Å². The molecule has 0 radical (unpaired) electrons. The molecule has 0 aromatic heterocycles. The molecule has 0 bridgehead atoms. The molecule has 4 heteroatoms. The zero-order valence-electron chi connectivity index (χ0n) is 13.6. The van der Waals surface area contributed by atoms with Crippen molar-refractivity contribution in [2.45, 2.75) is 45.1 Å². The molecular weight excluding hydrogens is 290 g/mol. The molecule has 1 atom stereocenters. The summed E-state index contributed by atoms with van der Waals surface area (Å²) < 4.78 is 0. The smallest absolute Gasteiger partial charge is 0.326 e. The van der Waals surface area contributed by atoms with Gasteiger partial charge in [0.2, 0.25) is 5.91 Å². The topological polar surface area (TPSA) is 66.4 Å². The van der Waals surface area contributed by atoms with E-state index in [4.69, 9.17) is 0 Å². The molecule has 2 N–H and O–H groups in total. The van der Waals surface area contributed by atoms with E-state index in [1.165, 1.54) is 5.57 Å². The summed E-state index contributed by atoms with van der Waals surface area (Å²) in [4.78, 5) is 23.8. The number of carbonyl (C=O) groups is 2. The van der Waals surface area contributed by atoms with Gasteiger partial charge in [0, 0.05) is 12.3 Å². The Labute approximate surface area is 137 Å². The lowest BCUT2D eigenvalue weighted by molar-refractivity contribution is -0.142. The third-order valence-electron chi connectivity index (χ3n) is 4.69. The van der Waals surface area contributed by atoms with E-state index in [0.717, 1.165) is 31.2 Å². The Hall–Kier alpha value is -2.10. The van der Waals surface area contributed by atoms with Crippen molar-refractivity contribution in [2.75, 3.05) is 0 Å². The highest BCUT2D eigenvalue weighted by Crippen LogP contribution is 2.32. The van der Waals surface area contributed by atoms with Crippen LogP contribution < -0.4 is 5.32 Å². The molecule has 1 aromatic rings. The van der Waals surface area contributed by atoms with Crippen molar-refractivity contribution < 1.29 is 14.7 Å². The second-order valence-corrected chi connectivity index (χ2v) is 6.48. The van der Waals surface area contributed by atoms with Gasteiger partial charge in [0.15, 0.2) is 0 Å². The number of amides is 1. The van der Waals surface area contributed by atoms with Gasteiger partial charge < -0.3 is 10.4 Å². The van der Waals surface area contributed by atoms with Crippen molar-refractivity contribution in [2.24, 2.45) is 11.8 Å². The van der Waals surface area contributed by atoms with E-state index in [-0.39, 0.29) is 11.8 Å². The maximum atomic E-state index is 12.4. The quantitative estimate of drug-likeness (QED) is 0.792. The molecule has 1 unspecified atom stereocenters. The molecule has 1 aromatic carbocycles. The Bertz CT molecular complexity index is 559. The molecule has 1 aliphatic carbocycles. The van der Waals surface area contributed by atoms with Gasteiger partial charge in [0.05, 0.1) is 0 Å². The zero-order chi connectivity index (χ0) is 16.8. The first-order valence-corrected chi connectivity index (χ1v) is 8.20. The van der Waals surface area contributed by atoms with E-state index in [0.29, 0.717) is 12.3 Å². The van der Waals surface area contributed by atoms with Gasteiger partial charge in [-0.25, -0.2) is 4.79 Å². The van der Waals surface area contributed by atoms with E-state index < -0.39 is 12.0 Å². The Morgan fingerprint density at radius 1 is 1.17 bits per heavy atom. The van der Waals surface area contributed by atoms with Crippen LogP contribution in [0.1, 0.15) is 38.2 Å². The van der Waals surface area contributed by atoms with Gasteiger partial charge in [0.1, 0.15) is 6.04 Å². The predicted octanol–water partition coefficient (Wildman–Crippen LogP) is 3.18. The normalized spacial score (nSPS) is 22.1. The number of allylic oxidation sites excluding steroid dienone is 1. The van der Waals surface area contributed by atoms with Crippen LogP contribution in [-0.4, -0.2) is 23.0 Å². The largest absolute Gasteiger partial charge is 0.480 e. The molecule has 1 aliphatic rings. The van der Waals surface area contributed by atoms with Gasteiger partial charge in [-0.1, -0.05) is 42.5 Å². The molecular formula is C19H25NO3. The highest BCUT2D eigenvalue weighted by atomic mass is 16.4. The van der Waals surface area contributed by atoms with Gasteiger partial charge in [-0.2, -0.15) is 0 Å². The Kier molecular flexibility index (Phi) is 5.97. The van der Waals surface area contributed by atoms with Gasteiger partial charge in [0.25, 0.3) is 0 Å².